The number of allylic oxidation sites excluding steroid dienone is 4. The molecular formula is C43H31NO. The van der Waals surface area contributed by atoms with Crippen LogP contribution in [0.15, 0.2) is 144 Å². The number of benzene rings is 6. The van der Waals surface area contributed by atoms with E-state index >= 15 is 0 Å². The molecule has 0 spiro atoms. The van der Waals surface area contributed by atoms with E-state index in [4.69, 9.17) is 4.42 Å². The number of rotatable bonds is 2. The molecule has 2 nitrogen and oxygen atoms in total. The highest BCUT2D eigenvalue weighted by Gasteiger charge is 2.44. The Morgan fingerprint density at radius 3 is 2.29 bits per heavy atom. The van der Waals surface area contributed by atoms with E-state index in [-0.39, 0.29) is 5.41 Å². The van der Waals surface area contributed by atoms with Gasteiger partial charge in [0.2, 0.25) is 0 Å². The zero-order chi connectivity index (χ0) is 29.9. The van der Waals surface area contributed by atoms with Gasteiger partial charge in [0.15, 0.2) is 0 Å². The van der Waals surface area contributed by atoms with Gasteiger partial charge >= 0.3 is 0 Å². The van der Waals surface area contributed by atoms with E-state index in [2.05, 4.69) is 158 Å². The minimum atomic E-state index is 0.0610. The first-order valence-electron chi connectivity index (χ1n) is 15.9. The maximum Gasteiger partial charge on any atom is 0.145 e. The second-order valence-corrected chi connectivity index (χ2v) is 13.3. The Kier molecular flexibility index (Phi) is 4.93. The first kappa shape index (κ1) is 25.0. The number of para-hydroxylation sites is 2. The summed E-state index contributed by atoms with van der Waals surface area (Å²) >= 11 is 0. The summed E-state index contributed by atoms with van der Waals surface area (Å²) in [6.07, 6.45) is 9.18. The van der Waals surface area contributed by atoms with Crippen LogP contribution in [0.5, 0.6) is 0 Å². The topological polar surface area (TPSA) is 18.1 Å². The normalized spacial score (nSPS) is 18.4. The summed E-state index contributed by atoms with van der Waals surface area (Å²) < 4.78 is 9.47. The Morgan fingerprint density at radius 2 is 1.38 bits per heavy atom. The highest BCUT2D eigenvalue weighted by Crippen LogP contribution is 2.54. The summed E-state index contributed by atoms with van der Waals surface area (Å²) in [7, 11) is 0. The number of hydrogen-bond acceptors (Lipinski definition) is 1. The van der Waals surface area contributed by atoms with Crippen LogP contribution in [0, 0.1) is 5.92 Å². The molecule has 2 heteroatoms. The predicted octanol–water partition coefficient (Wildman–Crippen LogP) is 11.6. The van der Waals surface area contributed by atoms with Gasteiger partial charge in [0, 0.05) is 33.3 Å². The molecule has 0 saturated heterocycles. The monoisotopic (exact) mass is 577 g/mol. The van der Waals surface area contributed by atoms with Gasteiger partial charge < -0.3 is 8.98 Å². The summed E-state index contributed by atoms with van der Waals surface area (Å²) in [6.45, 7) is 4.80. The maximum atomic E-state index is 7.09. The highest BCUT2D eigenvalue weighted by molar-refractivity contribution is 6.30. The molecule has 0 aliphatic heterocycles. The fourth-order valence-corrected chi connectivity index (χ4v) is 8.55. The van der Waals surface area contributed by atoms with Crippen molar-refractivity contribution in [1.29, 1.82) is 0 Å². The van der Waals surface area contributed by atoms with Crippen molar-refractivity contribution in [3.8, 4) is 16.8 Å². The summed E-state index contributed by atoms with van der Waals surface area (Å²) in [4.78, 5) is 0. The average Bonchev–Trinajstić information content (AvgIpc) is 3.71. The Labute approximate surface area is 261 Å². The lowest BCUT2D eigenvalue weighted by molar-refractivity contribution is 0.394. The van der Waals surface area contributed by atoms with E-state index < -0.39 is 0 Å². The smallest absolute Gasteiger partial charge is 0.145 e. The number of fused-ring (bicyclic) bond motifs is 12. The van der Waals surface area contributed by atoms with Gasteiger partial charge in [-0.05, 0) is 69.1 Å². The van der Waals surface area contributed by atoms with E-state index in [1.807, 2.05) is 0 Å². The van der Waals surface area contributed by atoms with Crippen LogP contribution < -0.4 is 0 Å². The van der Waals surface area contributed by atoms with Crippen LogP contribution in [-0.2, 0) is 5.41 Å². The lowest BCUT2D eigenvalue weighted by atomic mass is 9.74. The zero-order valence-corrected chi connectivity index (χ0v) is 25.3. The van der Waals surface area contributed by atoms with Crippen molar-refractivity contribution in [1.82, 2.24) is 4.57 Å². The highest BCUT2D eigenvalue weighted by atomic mass is 16.3. The van der Waals surface area contributed by atoms with Crippen molar-refractivity contribution in [2.75, 3.05) is 0 Å². The minimum Gasteiger partial charge on any atom is -0.455 e. The van der Waals surface area contributed by atoms with Gasteiger partial charge in [0.1, 0.15) is 11.2 Å². The Bertz CT molecular complexity index is 2570. The minimum absolute atomic E-state index is 0.0610. The fourth-order valence-electron chi connectivity index (χ4n) is 8.55. The molecule has 8 aromatic rings. The van der Waals surface area contributed by atoms with Crippen LogP contribution in [0.25, 0.3) is 71.3 Å². The molecule has 0 saturated carbocycles. The predicted molar refractivity (Wildman–Crippen MR) is 189 cm³/mol. The van der Waals surface area contributed by atoms with Gasteiger partial charge in [-0.25, -0.2) is 0 Å². The van der Waals surface area contributed by atoms with Crippen LogP contribution in [-0.4, -0.2) is 4.57 Å². The summed E-state index contributed by atoms with van der Waals surface area (Å²) in [5, 5.41) is 7.20. The molecule has 2 aliphatic rings. The largest absolute Gasteiger partial charge is 0.455 e. The Hall–Kier alpha value is -5.34. The average molecular weight is 578 g/mol. The molecule has 10 rings (SSSR count). The van der Waals surface area contributed by atoms with Crippen molar-refractivity contribution in [2.45, 2.75) is 25.2 Å². The molecule has 2 atom stereocenters. The standard InChI is InChI=1S/C43H31NO/c1-43(2)35-18-9-8-15-31(35)32-21-19-27(25-36(32)43)30-16-10-17-33-34-22-24-38-40(42(34)45-41(30)33)39-29-14-7-6-11-26(29)20-23-37(39)44(38)28-12-4-3-5-13-28/h3-25,31,35H,1-2H3. The van der Waals surface area contributed by atoms with Gasteiger partial charge in [0.25, 0.3) is 0 Å². The molecule has 45 heavy (non-hydrogen) atoms. The van der Waals surface area contributed by atoms with Crippen molar-refractivity contribution >= 4 is 54.5 Å². The summed E-state index contributed by atoms with van der Waals surface area (Å²) in [5.74, 6) is 0.931. The van der Waals surface area contributed by atoms with Crippen molar-refractivity contribution in [2.24, 2.45) is 5.92 Å². The summed E-state index contributed by atoms with van der Waals surface area (Å²) in [5.41, 5.74) is 10.7. The molecule has 2 heterocycles. The molecule has 0 bridgehead atoms. The SMILES string of the molecule is CC1(C)c2cc(-c3cccc4c3oc3c4ccc4c3c3c5ccccc5ccc3n4-c3ccccc3)ccc2C2C=CC=CC21. The van der Waals surface area contributed by atoms with E-state index in [1.54, 1.807) is 0 Å². The third-order valence-corrected chi connectivity index (χ3v) is 10.7. The quantitative estimate of drug-likeness (QED) is 0.200. The van der Waals surface area contributed by atoms with Gasteiger partial charge in [-0.15, -0.1) is 0 Å². The fraction of sp³-hybridized carbons (Fsp3) is 0.116. The lowest BCUT2D eigenvalue weighted by Crippen LogP contribution is -2.24. The first-order valence-corrected chi connectivity index (χ1v) is 15.9. The zero-order valence-electron chi connectivity index (χ0n) is 25.3. The lowest BCUT2D eigenvalue weighted by Gasteiger charge is -2.29. The van der Waals surface area contributed by atoms with Gasteiger partial charge in [-0.3, -0.25) is 0 Å². The van der Waals surface area contributed by atoms with Crippen LogP contribution in [0.3, 0.4) is 0 Å². The number of nitrogens with zero attached hydrogens (tertiary/aromatic N) is 1. The Morgan fingerprint density at radius 1 is 0.622 bits per heavy atom. The molecule has 0 radical (unpaired) electrons. The second-order valence-electron chi connectivity index (χ2n) is 13.3. The molecule has 2 unspecified atom stereocenters. The number of furan rings is 1. The van der Waals surface area contributed by atoms with Gasteiger partial charge in [0.05, 0.1) is 16.4 Å². The second kappa shape index (κ2) is 8.86. The molecule has 0 fully saturated rings. The third kappa shape index (κ3) is 3.29. The van der Waals surface area contributed by atoms with Crippen LogP contribution in [0.4, 0.5) is 0 Å². The molecule has 2 aliphatic carbocycles. The molecule has 214 valence electrons. The van der Waals surface area contributed by atoms with Crippen molar-refractivity contribution < 1.29 is 4.42 Å². The summed E-state index contributed by atoms with van der Waals surface area (Å²) in [6, 6.07) is 42.1. The van der Waals surface area contributed by atoms with Crippen LogP contribution in [0.2, 0.25) is 0 Å². The molecule has 2 aromatic heterocycles. The van der Waals surface area contributed by atoms with Gasteiger partial charge in [-0.1, -0.05) is 123 Å². The van der Waals surface area contributed by atoms with E-state index in [9.17, 15) is 0 Å². The van der Waals surface area contributed by atoms with Gasteiger partial charge in [-0.2, -0.15) is 0 Å². The van der Waals surface area contributed by atoms with Crippen molar-refractivity contribution in [3.63, 3.8) is 0 Å². The molecule has 0 N–H and O–H groups in total. The van der Waals surface area contributed by atoms with Crippen LogP contribution >= 0.6 is 0 Å². The van der Waals surface area contributed by atoms with E-state index in [0.717, 1.165) is 38.7 Å². The molecule has 0 amide bonds. The van der Waals surface area contributed by atoms with Crippen LogP contribution in [0.1, 0.15) is 30.9 Å². The Balaban J connectivity index is 1.28. The van der Waals surface area contributed by atoms with Crippen molar-refractivity contribution in [3.05, 3.63) is 151 Å². The molecule has 6 aromatic carbocycles. The number of aromatic nitrogens is 1. The van der Waals surface area contributed by atoms with E-state index in [1.165, 1.54) is 43.8 Å². The van der Waals surface area contributed by atoms with E-state index in [0.29, 0.717) is 11.8 Å². The maximum absolute atomic E-state index is 7.09. The number of hydrogen-bond donors (Lipinski definition) is 0. The molecular weight excluding hydrogens is 546 g/mol. The first-order chi connectivity index (χ1) is 22.1. The third-order valence-electron chi connectivity index (χ3n) is 10.7.